The van der Waals surface area contributed by atoms with E-state index in [1.165, 1.54) is 0 Å². The molecule has 0 radical (unpaired) electrons. The van der Waals surface area contributed by atoms with E-state index >= 15 is 0 Å². The predicted molar refractivity (Wildman–Crippen MR) is 67.3 cm³/mol. The molecule has 1 aliphatic rings. The Morgan fingerprint density at radius 3 is 2.89 bits per heavy atom. The zero-order valence-electron chi connectivity index (χ0n) is 10.6. The number of hydrogen-bond donors (Lipinski definition) is 1. The molecular weight excluding hydrogens is 246 g/mol. The Morgan fingerprint density at radius 1 is 1.42 bits per heavy atom. The van der Waals surface area contributed by atoms with Gasteiger partial charge in [-0.3, -0.25) is 0 Å². The molecule has 1 aromatic carbocycles. The summed E-state index contributed by atoms with van der Waals surface area (Å²) in [6.45, 7) is 4.34. The predicted octanol–water partition coefficient (Wildman–Crippen LogP) is 3.06. The number of benzene rings is 1. The van der Waals surface area contributed by atoms with Gasteiger partial charge in [-0.25, -0.2) is 4.79 Å². The molecule has 5 nitrogen and oxygen atoms in total. The van der Waals surface area contributed by atoms with E-state index in [0.717, 1.165) is 16.9 Å². The Bertz CT molecular complexity index is 657. The van der Waals surface area contributed by atoms with Gasteiger partial charge in [0.1, 0.15) is 12.4 Å². The number of para-hydroxylation sites is 1. The third kappa shape index (κ3) is 1.69. The minimum absolute atomic E-state index is 0.0735. The minimum Gasteiger partial charge on any atom is -0.488 e. The molecule has 0 bridgehead atoms. The highest BCUT2D eigenvalue weighted by molar-refractivity contribution is 5.90. The number of carboxylic acid groups (broad SMARTS) is 1. The Hall–Kier alpha value is -2.30. The Morgan fingerprint density at radius 2 is 2.21 bits per heavy atom. The van der Waals surface area contributed by atoms with E-state index in [0.29, 0.717) is 17.2 Å². The molecule has 1 aliphatic heterocycles. The van der Waals surface area contributed by atoms with Crippen molar-refractivity contribution in [3.8, 4) is 17.1 Å². The monoisotopic (exact) mass is 259 g/mol. The molecule has 98 valence electrons. The minimum atomic E-state index is -1.10. The first-order valence-corrected chi connectivity index (χ1v) is 6.07. The highest BCUT2D eigenvalue weighted by Gasteiger charge is 2.30. The molecular formula is C14H13NO4. The van der Waals surface area contributed by atoms with E-state index in [1.54, 1.807) is 0 Å². The average Bonchev–Trinajstić information content (AvgIpc) is 2.81. The van der Waals surface area contributed by atoms with E-state index in [9.17, 15) is 4.79 Å². The van der Waals surface area contributed by atoms with Crippen LogP contribution in [0.2, 0.25) is 0 Å². The van der Waals surface area contributed by atoms with Gasteiger partial charge in [0.15, 0.2) is 11.5 Å². The molecule has 0 unspecified atom stereocenters. The number of fused-ring (bicyclic) bond motifs is 3. The lowest BCUT2D eigenvalue weighted by molar-refractivity contribution is 0.0683. The summed E-state index contributed by atoms with van der Waals surface area (Å²) in [7, 11) is 0. The zero-order valence-corrected chi connectivity index (χ0v) is 10.6. The van der Waals surface area contributed by atoms with Crippen molar-refractivity contribution in [1.29, 1.82) is 0 Å². The third-order valence-corrected chi connectivity index (χ3v) is 3.26. The van der Waals surface area contributed by atoms with Gasteiger partial charge in [0.05, 0.1) is 11.1 Å². The lowest BCUT2D eigenvalue weighted by Gasteiger charge is -2.20. The number of aromatic carboxylic acids is 1. The first-order valence-electron chi connectivity index (χ1n) is 6.07. The lowest BCUT2D eigenvalue weighted by Crippen LogP contribution is -2.10. The van der Waals surface area contributed by atoms with Gasteiger partial charge in [-0.1, -0.05) is 31.1 Å². The normalized spacial score (nSPS) is 12.8. The molecule has 0 saturated carbocycles. The topological polar surface area (TPSA) is 72.6 Å². The molecule has 2 heterocycles. The van der Waals surface area contributed by atoms with E-state index in [-0.39, 0.29) is 12.3 Å². The second-order valence-electron chi connectivity index (χ2n) is 4.81. The quantitative estimate of drug-likeness (QED) is 0.897. The summed E-state index contributed by atoms with van der Waals surface area (Å²) in [6, 6.07) is 5.77. The van der Waals surface area contributed by atoms with Crippen molar-refractivity contribution in [2.24, 2.45) is 0 Å². The number of carbonyl (C=O) groups is 1. The van der Waals surface area contributed by atoms with Gasteiger partial charge in [0, 0.05) is 0 Å². The number of ether oxygens (including phenoxy) is 1. The molecule has 19 heavy (non-hydrogen) atoms. The van der Waals surface area contributed by atoms with Crippen LogP contribution in [-0.2, 0) is 6.61 Å². The number of aromatic nitrogens is 1. The largest absolute Gasteiger partial charge is 0.488 e. The molecule has 0 saturated heterocycles. The fraction of sp³-hybridized carbons (Fsp3) is 0.286. The van der Waals surface area contributed by atoms with Crippen molar-refractivity contribution < 1.29 is 19.2 Å². The van der Waals surface area contributed by atoms with Crippen LogP contribution >= 0.6 is 0 Å². The maximum atomic E-state index is 11.0. The highest BCUT2D eigenvalue weighted by atomic mass is 16.5. The maximum Gasteiger partial charge on any atom is 0.358 e. The summed E-state index contributed by atoms with van der Waals surface area (Å²) in [5.74, 6) is 0.481. The standard InChI is InChI=1S/C14H13NO4/c1-7(2)8-4-3-5-9-12(8)18-6-10-11(14(16)17)15-19-13(9)10/h3-5,7H,6H2,1-2H3,(H,16,17). The van der Waals surface area contributed by atoms with Crippen molar-refractivity contribution in [1.82, 2.24) is 5.16 Å². The number of rotatable bonds is 2. The van der Waals surface area contributed by atoms with Gasteiger partial charge < -0.3 is 14.4 Å². The van der Waals surface area contributed by atoms with Gasteiger partial charge >= 0.3 is 5.97 Å². The summed E-state index contributed by atoms with van der Waals surface area (Å²) < 4.78 is 10.9. The van der Waals surface area contributed by atoms with Crippen LogP contribution in [0, 0.1) is 0 Å². The number of hydrogen-bond acceptors (Lipinski definition) is 4. The van der Waals surface area contributed by atoms with E-state index in [4.69, 9.17) is 14.4 Å². The molecule has 1 aromatic heterocycles. The van der Waals surface area contributed by atoms with Crippen LogP contribution in [0.25, 0.3) is 11.3 Å². The van der Waals surface area contributed by atoms with Crippen molar-refractivity contribution in [3.63, 3.8) is 0 Å². The molecule has 1 N–H and O–H groups in total. The molecule has 0 spiro atoms. The second kappa shape index (κ2) is 4.12. The number of carboxylic acids is 1. The Balaban J connectivity index is 2.21. The summed E-state index contributed by atoms with van der Waals surface area (Å²) in [5.41, 5.74) is 2.28. The van der Waals surface area contributed by atoms with Crippen LogP contribution in [0.4, 0.5) is 0 Å². The average molecular weight is 259 g/mol. The first-order chi connectivity index (χ1) is 9.09. The van der Waals surface area contributed by atoms with Gasteiger partial charge in [0.2, 0.25) is 0 Å². The Kier molecular flexibility index (Phi) is 2.55. The lowest BCUT2D eigenvalue weighted by atomic mass is 9.95. The van der Waals surface area contributed by atoms with Gasteiger partial charge in [0.25, 0.3) is 0 Å². The molecule has 0 atom stereocenters. The zero-order chi connectivity index (χ0) is 13.6. The van der Waals surface area contributed by atoms with Crippen LogP contribution in [0.1, 0.15) is 41.4 Å². The first kappa shape index (κ1) is 11.8. The SMILES string of the molecule is CC(C)c1cccc2c1OCc1c(C(=O)O)noc1-2. The molecule has 2 aromatic rings. The summed E-state index contributed by atoms with van der Waals surface area (Å²) in [5, 5.41) is 12.7. The Labute approximate surface area is 109 Å². The fourth-order valence-corrected chi connectivity index (χ4v) is 2.32. The van der Waals surface area contributed by atoms with Crippen LogP contribution in [-0.4, -0.2) is 16.2 Å². The molecule has 3 rings (SSSR count). The highest BCUT2D eigenvalue weighted by Crippen LogP contribution is 2.42. The van der Waals surface area contributed by atoms with E-state index < -0.39 is 5.97 Å². The maximum absolute atomic E-state index is 11.0. The third-order valence-electron chi connectivity index (χ3n) is 3.26. The van der Waals surface area contributed by atoms with E-state index in [2.05, 4.69) is 19.0 Å². The molecule has 5 heteroatoms. The van der Waals surface area contributed by atoms with Crippen LogP contribution in [0.15, 0.2) is 22.7 Å². The summed E-state index contributed by atoms with van der Waals surface area (Å²) >= 11 is 0. The van der Waals surface area contributed by atoms with Gasteiger partial charge in [-0.05, 0) is 17.5 Å². The van der Waals surface area contributed by atoms with Crippen molar-refractivity contribution in [2.75, 3.05) is 0 Å². The van der Waals surface area contributed by atoms with Gasteiger partial charge in [-0.2, -0.15) is 0 Å². The van der Waals surface area contributed by atoms with Crippen molar-refractivity contribution in [3.05, 3.63) is 35.0 Å². The van der Waals surface area contributed by atoms with Crippen molar-refractivity contribution in [2.45, 2.75) is 26.4 Å². The van der Waals surface area contributed by atoms with Gasteiger partial charge in [-0.15, -0.1) is 0 Å². The summed E-state index contributed by atoms with van der Waals surface area (Å²) in [6.07, 6.45) is 0. The van der Waals surface area contributed by atoms with Crippen LogP contribution in [0.5, 0.6) is 5.75 Å². The van der Waals surface area contributed by atoms with Crippen LogP contribution in [0.3, 0.4) is 0 Å². The molecule has 0 fully saturated rings. The summed E-state index contributed by atoms with van der Waals surface area (Å²) in [4.78, 5) is 11.0. The smallest absolute Gasteiger partial charge is 0.358 e. The van der Waals surface area contributed by atoms with E-state index in [1.807, 2.05) is 18.2 Å². The van der Waals surface area contributed by atoms with Crippen LogP contribution < -0.4 is 4.74 Å². The second-order valence-corrected chi connectivity index (χ2v) is 4.81. The number of nitrogens with zero attached hydrogens (tertiary/aromatic N) is 1. The molecule has 0 aliphatic carbocycles. The molecule has 0 amide bonds. The van der Waals surface area contributed by atoms with Crippen molar-refractivity contribution >= 4 is 5.97 Å². The fourth-order valence-electron chi connectivity index (χ4n) is 2.32.